The van der Waals surface area contributed by atoms with Crippen LogP contribution in [0.25, 0.3) is 0 Å². The predicted octanol–water partition coefficient (Wildman–Crippen LogP) is 3.82. The van der Waals surface area contributed by atoms with E-state index < -0.39 is 0 Å². The zero-order valence-electron chi connectivity index (χ0n) is 15.4. The molecule has 1 fully saturated rings. The number of amides is 1. The van der Waals surface area contributed by atoms with E-state index in [9.17, 15) is 10.1 Å². The second kappa shape index (κ2) is 7.78. The van der Waals surface area contributed by atoms with E-state index in [-0.39, 0.29) is 11.2 Å². The van der Waals surface area contributed by atoms with Crippen LogP contribution in [0.1, 0.15) is 56.9 Å². The maximum Gasteiger partial charge on any atom is 0.235 e. The fourth-order valence-corrected chi connectivity index (χ4v) is 5.08. The van der Waals surface area contributed by atoms with Crippen molar-refractivity contribution in [2.45, 2.75) is 63.2 Å². The van der Waals surface area contributed by atoms with Crippen LogP contribution >= 0.6 is 11.8 Å². The Morgan fingerprint density at radius 3 is 2.68 bits per heavy atom. The summed E-state index contributed by atoms with van der Waals surface area (Å²) in [6.07, 6.45) is 5.52. The van der Waals surface area contributed by atoms with Gasteiger partial charge in [0.05, 0.1) is 10.8 Å². The SMILES string of the molecule is CC1CC(C)CN(C(=O)C(C)Sc2nc3c(cc2C#N)CCCC3)C1. The minimum absolute atomic E-state index is 0.173. The number of piperidine rings is 1. The van der Waals surface area contributed by atoms with Gasteiger partial charge in [0.15, 0.2) is 0 Å². The highest BCUT2D eigenvalue weighted by molar-refractivity contribution is 8.00. The Morgan fingerprint density at radius 1 is 1.32 bits per heavy atom. The van der Waals surface area contributed by atoms with Gasteiger partial charge in [-0.25, -0.2) is 4.98 Å². The molecule has 3 unspecified atom stereocenters. The van der Waals surface area contributed by atoms with Crippen molar-refractivity contribution in [3.05, 3.63) is 22.9 Å². The molecule has 1 aliphatic carbocycles. The lowest BCUT2D eigenvalue weighted by Gasteiger charge is -2.36. The monoisotopic (exact) mass is 357 g/mol. The van der Waals surface area contributed by atoms with Crippen molar-refractivity contribution in [1.82, 2.24) is 9.88 Å². The van der Waals surface area contributed by atoms with Crippen molar-refractivity contribution >= 4 is 17.7 Å². The fraction of sp³-hybridized carbons (Fsp3) is 0.650. The molecule has 1 aromatic rings. The number of rotatable bonds is 3. The van der Waals surface area contributed by atoms with Gasteiger partial charge in [-0.1, -0.05) is 25.6 Å². The van der Waals surface area contributed by atoms with Crippen LogP contribution in [0.4, 0.5) is 0 Å². The number of nitrogens with zero attached hydrogens (tertiary/aromatic N) is 3. The first-order valence-electron chi connectivity index (χ1n) is 9.36. The maximum absolute atomic E-state index is 12.9. The van der Waals surface area contributed by atoms with Crippen LogP contribution in [0.2, 0.25) is 0 Å². The average molecular weight is 358 g/mol. The van der Waals surface area contributed by atoms with Crippen LogP contribution in [0.5, 0.6) is 0 Å². The lowest BCUT2D eigenvalue weighted by Crippen LogP contribution is -2.45. The summed E-state index contributed by atoms with van der Waals surface area (Å²) in [5.74, 6) is 1.29. The molecule has 25 heavy (non-hydrogen) atoms. The summed E-state index contributed by atoms with van der Waals surface area (Å²) in [5.41, 5.74) is 2.95. The Kier molecular flexibility index (Phi) is 5.68. The average Bonchev–Trinajstić information content (AvgIpc) is 2.59. The van der Waals surface area contributed by atoms with Crippen LogP contribution in [-0.2, 0) is 17.6 Å². The van der Waals surface area contributed by atoms with E-state index in [1.807, 2.05) is 17.9 Å². The predicted molar refractivity (Wildman–Crippen MR) is 100 cm³/mol. The number of fused-ring (bicyclic) bond motifs is 1. The summed E-state index contributed by atoms with van der Waals surface area (Å²) in [7, 11) is 0. The van der Waals surface area contributed by atoms with Gasteiger partial charge in [0.1, 0.15) is 11.1 Å². The summed E-state index contributed by atoms with van der Waals surface area (Å²) in [6, 6.07) is 4.27. The maximum atomic E-state index is 12.9. The van der Waals surface area contributed by atoms with Crippen molar-refractivity contribution in [1.29, 1.82) is 5.26 Å². The van der Waals surface area contributed by atoms with Crippen molar-refractivity contribution in [3.63, 3.8) is 0 Å². The molecule has 0 saturated carbocycles. The molecule has 1 saturated heterocycles. The first-order valence-corrected chi connectivity index (χ1v) is 10.2. The number of carbonyl (C=O) groups is 1. The third kappa shape index (κ3) is 4.17. The largest absolute Gasteiger partial charge is 0.341 e. The normalized spacial score (nSPS) is 24.3. The number of aryl methyl sites for hydroxylation is 2. The summed E-state index contributed by atoms with van der Waals surface area (Å²) in [4.78, 5) is 19.6. The van der Waals surface area contributed by atoms with Gasteiger partial charge in [-0.15, -0.1) is 0 Å². The Bertz CT molecular complexity index is 687. The van der Waals surface area contributed by atoms with Gasteiger partial charge in [0.2, 0.25) is 5.91 Å². The molecular weight excluding hydrogens is 330 g/mol. The van der Waals surface area contributed by atoms with Crippen LogP contribution in [0, 0.1) is 23.2 Å². The lowest BCUT2D eigenvalue weighted by molar-refractivity contribution is -0.132. The Labute approximate surface area is 155 Å². The molecule has 3 rings (SSSR count). The number of carbonyl (C=O) groups excluding carboxylic acids is 1. The van der Waals surface area contributed by atoms with Gasteiger partial charge in [0, 0.05) is 18.8 Å². The van der Waals surface area contributed by atoms with Crippen molar-refractivity contribution < 1.29 is 4.79 Å². The summed E-state index contributed by atoms with van der Waals surface area (Å²) in [5, 5.41) is 10.0. The van der Waals surface area contributed by atoms with E-state index in [0.29, 0.717) is 17.4 Å². The topological polar surface area (TPSA) is 57.0 Å². The van der Waals surface area contributed by atoms with Gasteiger partial charge in [-0.05, 0) is 62.5 Å². The molecule has 134 valence electrons. The number of likely N-dealkylation sites (tertiary alicyclic amines) is 1. The first-order chi connectivity index (χ1) is 12.0. The Morgan fingerprint density at radius 2 is 2.00 bits per heavy atom. The highest BCUT2D eigenvalue weighted by Crippen LogP contribution is 2.31. The van der Waals surface area contributed by atoms with Gasteiger partial charge in [-0.3, -0.25) is 4.79 Å². The van der Waals surface area contributed by atoms with Crippen LogP contribution in [-0.4, -0.2) is 34.1 Å². The molecule has 3 atom stereocenters. The lowest BCUT2D eigenvalue weighted by atomic mass is 9.92. The first kappa shape index (κ1) is 18.3. The van der Waals surface area contributed by atoms with Gasteiger partial charge >= 0.3 is 0 Å². The van der Waals surface area contributed by atoms with Crippen LogP contribution in [0.15, 0.2) is 11.1 Å². The highest BCUT2D eigenvalue weighted by atomic mass is 32.2. The molecule has 0 bridgehead atoms. The molecular formula is C20H27N3OS. The molecule has 1 aromatic heterocycles. The van der Waals surface area contributed by atoms with E-state index in [0.717, 1.165) is 43.1 Å². The minimum atomic E-state index is -0.209. The third-order valence-electron chi connectivity index (χ3n) is 5.20. The molecule has 2 aliphatic rings. The van der Waals surface area contributed by atoms with E-state index in [2.05, 4.69) is 19.9 Å². The molecule has 0 spiro atoms. The second-order valence-corrected chi connectivity index (χ2v) is 9.04. The Hall–Kier alpha value is -1.54. The number of hydrogen-bond donors (Lipinski definition) is 0. The molecule has 2 heterocycles. The van der Waals surface area contributed by atoms with E-state index >= 15 is 0 Å². The molecule has 4 nitrogen and oxygen atoms in total. The van der Waals surface area contributed by atoms with Crippen molar-refractivity contribution in [3.8, 4) is 6.07 Å². The van der Waals surface area contributed by atoms with E-state index in [1.54, 1.807) is 0 Å². The number of thioether (sulfide) groups is 1. The zero-order valence-corrected chi connectivity index (χ0v) is 16.2. The highest BCUT2D eigenvalue weighted by Gasteiger charge is 2.29. The molecule has 0 radical (unpaired) electrons. The number of aromatic nitrogens is 1. The Balaban J connectivity index is 1.75. The smallest absolute Gasteiger partial charge is 0.235 e. The van der Waals surface area contributed by atoms with Gasteiger partial charge < -0.3 is 4.90 Å². The van der Waals surface area contributed by atoms with Gasteiger partial charge in [-0.2, -0.15) is 5.26 Å². The molecule has 1 amide bonds. The molecule has 1 aliphatic heterocycles. The molecule has 0 aromatic carbocycles. The third-order valence-corrected chi connectivity index (χ3v) is 6.29. The van der Waals surface area contributed by atoms with Crippen molar-refractivity contribution in [2.75, 3.05) is 13.1 Å². The molecule has 0 N–H and O–H groups in total. The quantitative estimate of drug-likeness (QED) is 0.772. The zero-order chi connectivity index (χ0) is 18.0. The van der Waals surface area contributed by atoms with E-state index in [4.69, 9.17) is 4.98 Å². The number of pyridine rings is 1. The minimum Gasteiger partial charge on any atom is -0.341 e. The van der Waals surface area contributed by atoms with Gasteiger partial charge in [0.25, 0.3) is 0 Å². The van der Waals surface area contributed by atoms with Crippen LogP contribution in [0.3, 0.4) is 0 Å². The van der Waals surface area contributed by atoms with E-state index in [1.165, 1.54) is 30.2 Å². The molecule has 5 heteroatoms. The standard InChI is InChI=1S/C20H27N3OS/c1-13-8-14(2)12-23(11-13)20(24)15(3)25-19-17(10-21)9-16-6-4-5-7-18(16)22-19/h9,13-15H,4-8,11-12H2,1-3H3. The van der Waals surface area contributed by atoms with Crippen LogP contribution < -0.4 is 0 Å². The summed E-state index contributed by atoms with van der Waals surface area (Å²) >= 11 is 1.45. The fourth-order valence-electron chi connectivity index (χ4n) is 4.10. The summed E-state index contributed by atoms with van der Waals surface area (Å²) < 4.78 is 0. The van der Waals surface area contributed by atoms with Crippen molar-refractivity contribution in [2.24, 2.45) is 11.8 Å². The number of nitriles is 1. The second-order valence-electron chi connectivity index (χ2n) is 7.72. The number of hydrogen-bond acceptors (Lipinski definition) is 4. The summed E-state index contributed by atoms with van der Waals surface area (Å²) in [6.45, 7) is 8.06.